The number of ketones is 1. The highest BCUT2D eigenvalue weighted by molar-refractivity contribution is 7.21. The van der Waals surface area contributed by atoms with Gasteiger partial charge in [0.2, 0.25) is 0 Å². The molecule has 0 saturated carbocycles. The van der Waals surface area contributed by atoms with Crippen LogP contribution < -0.4 is 5.32 Å². The molecule has 0 aliphatic carbocycles. The van der Waals surface area contributed by atoms with Gasteiger partial charge in [0.1, 0.15) is 5.78 Å². The number of carbonyl (C=O) groups is 2. The fraction of sp³-hybridized carbons (Fsp3) is 0.182. The number of halogens is 1. The van der Waals surface area contributed by atoms with Crippen LogP contribution in [0.2, 0.25) is 5.02 Å². The molecule has 1 N–H and O–H groups in total. The highest BCUT2D eigenvalue weighted by Crippen LogP contribution is 2.29. The number of aromatic nitrogens is 1. The topological polar surface area (TPSA) is 59.1 Å². The molecule has 6 heteroatoms. The van der Waals surface area contributed by atoms with Gasteiger partial charge < -0.3 is 5.32 Å². The van der Waals surface area contributed by atoms with Crippen molar-refractivity contribution in [3.63, 3.8) is 0 Å². The molecule has 2 heterocycles. The highest BCUT2D eigenvalue weighted by Gasteiger charge is 2.12. The maximum absolute atomic E-state index is 11.7. The van der Waals surface area contributed by atoms with Crippen molar-refractivity contribution in [3.8, 4) is 0 Å². The van der Waals surface area contributed by atoms with Crippen LogP contribution in [0.25, 0.3) is 10.2 Å². The molecule has 0 unspecified atom stereocenters. The number of pyridine rings is 1. The number of hydrogen-bond donors (Lipinski definition) is 1. The van der Waals surface area contributed by atoms with Gasteiger partial charge in [-0.3, -0.25) is 14.6 Å². The van der Waals surface area contributed by atoms with Crippen LogP contribution in [0, 0.1) is 0 Å². The Morgan fingerprint density at radius 1 is 1.53 bits per heavy atom. The van der Waals surface area contributed by atoms with Gasteiger partial charge >= 0.3 is 0 Å². The molecule has 2 aromatic rings. The van der Waals surface area contributed by atoms with E-state index in [1.165, 1.54) is 18.3 Å². The first kappa shape index (κ1) is 12.0. The summed E-state index contributed by atoms with van der Waals surface area (Å²) in [5, 5.41) is 3.10. The molecule has 0 aromatic carbocycles. The van der Waals surface area contributed by atoms with Crippen molar-refractivity contribution in [2.45, 2.75) is 6.92 Å². The van der Waals surface area contributed by atoms with Crippen molar-refractivity contribution < 1.29 is 9.59 Å². The second-order valence-corrected chi connectivity index (χ2v) is 4.96. The molecule has 0 atom stereocenters. The number of nitrogens with one attached hydrogen (secondary N) is 1. The molecule has 0 radical (unpaired) electrons. The molecular weight excluding hydrogens is 260 g/mol. The number of fused-ring (bicyclic) bond motifs is 1. The Bertz CT molecular complexity index is 594. The third-order valence-corrected chi connectivity index (χ3v) is 3.67. The zero-order valence-electron chi connectivity index (χ0n) is 8.99. The van der Waals surface area contributed by atoms with E-state index in [0.29, 0.717) is 15.4 Å². The van der Waals surface area contributed by atoms with Gasteiger partial charge in [-0.25, -0.2) is 0 Å². The molecule has 4 nitrogen and oxygen atoms in total. The predicted octanol–water partition coefficient (Wildman–Crippen LogP) is 2.27. The van der Waals surface area contributed by atoms with Crippen molar-refractivity contribution >= 4 is 44.8 Å². The summed E-state index contributed by atoms with van der Waals surface area (Å²) in [7, 11) is 0. The third-order valence-electron chi connectivity index (χ3n) is 2.09. The van der Waals surface area contributed by atoms with Crippen LogP contribution in [-0.2, 0) is 4.79 Å². The lowest BCUT2D eigenvalue weighted by Gasteiger charge is -1.98. The van der Waals surface area contributed by atoms with Crippen LogP contribution in [0.3, 0.4) is 0 Å². The molecule has 17 heavy (non-hydrogen) atoms. The van der Waals surface area contributed by atoms with E-state index in [4.69, 9.17) is 11.6 Å². The van der Waals surface area contributed by atoms with E-state index in [1.54, 1.807) is 18.3 Å². The summed E-state index contributed by atoms with van der Waals surface area (Å²) in [5.74, 6) is -0.366. The number of hydrogen-bond acceptors (Lipinski definition) is 4. The summed E-state index contributed by atoms with van der Waals surface area (Å²) in [6.07, 6.45) is 1.59. The van der Waals surface area contributed by atoms with Crippen LogP contribution in [0.1, 0.15) is 16.6 Å². The Labute approximate surface area is 107 Å². The van der Waals surface area contributed by atoms with E-state index in [2.05, 4.69) is 10.3 Å². The SMILES string of the molecule is CC(=O)CNC(=O)c1cc2nccc(Cl)c2s1. The molecule has 88 valence electrons. The highest BCUT2D eigenvalue weighted by atomic mass is 35.5. The number of amides is 1. The maximum Gasteiger partial charge on any atom is 0.261 e. The monoisotopic (exact) mass is 268 g/mol. The van der Waals surface area contributed by atoms with Crippen molar-refractivity contribution in [1.82, 2.24) is 10.3 Å². The van der Waals surface area contributed by atoms with Gasteiger partial charge in [0, 0.05) is 6.20 Å². The van der Waals surface area contributed by atoms with Crippen molar-refractivity contribution in [3.05, 3.63) is 28.2 Å². The lowest BCUT2D eigenvalue weighted by Crippen LogP contribution is -2.27. The zero-order valence-corrected chi connectivity index (χ0v) is 10.6. The first-order valence-corrected chi connectivity index (χ1v) is 6.09. The van der Waals surface area contributed by atoms with Gasteiger partial charge in [-0.05, 0) is 19.1 Å². The van der Waals surface area contributed by atoms with E-state index in [-0.39, 0.29) is 18.2 Å². The molecule has 0 aliphatic rings. The van der Waals surface area contributed by atoms with E-state index >= 15 is 0 Å². The van der Waals surface area contributed by atoms with Crippen molar-refractivity contribution in [2.75, 3.05) is 6.54 Å². The Morgan fingerprint density at radius 2 is 2.29 bits per heavy atom. The number of rotatable bonds is 3. The zero-order chi connectivity index (χ0) is 12.4. The standard InChI is InChI=1S/C11H9ClN2O2S/c1-6(15)5-14-11(16)9-4-8-10(17-9)7(12)2-3-13-8/h2-4H,5H2,1H3,(H,14,16). The van der Waals surface area contributed by atoms with E-state index in [9.17, 15) is 9.59 Å². The fourth-order valence-corrected chi connectivity index (χ4v) is 2.52. The van der Waals surface area contributed by atoms with Crippen LogP contribution in [0.4, 0.5) is 0 Å². The summed E-state index contributed by atoms with van der Waals surface area (Å²) in [6.45, 7) is 1.46. The summed E-state index contributed by atoms with van der Waals surface area (Å²) >= 11 is 7.25. The lowest BCUT2D eigenvalue weighted by molar-refractivity contribution is -0.116. The number of Topliss-reactive ketones (excluding diaryl/α,β-unsaturated/α-hetero) is 1. The van der Waals surface area contributed by atoms with Crippen LogP contribution in [0.5, 0.6) is 0 Å². The van der Waals surface area contributed by atoms with Gasteiger partial charge in [-0.15, -0.1) is 11.3 Å². The Balaban J connectivity index is 2.27. The van der Waals surface area contributed by atoms with Gasteiger partial charge in [0.25, 0.3) is 5.91 Å². The third kappa shape index (κ3) is 2.62. The maximum atomic E-state index is 11.7. The molecule has 2 aromatic heterocycles. The normalized spacial score (nSPS) is 10.5. The largest absolute Gasteiger partial charge is 0.344 e. The number of carbonyl (C=O) groups excluding carboxylic acids is 2. The van der Waals surface area contributed by atoms with Gasteiger partial charge in [0.15, 0.2) is 0 Å². The van der Waals surface area contributed by atoms with E-state index in [1.807, 2.05) is 0 Å². The molecule has 0 spiro atoms. The van der Waals surface area contributed by atoms with E-state index < -0.39 is 0 Å². The van der Waals surface area contributed by atoms with Crippen molar-refractivity contribution in [2.24, 2.45) is 0 Å². The number of nitrogens with zero attached hydrogens (tertiary/aromatic N) is 1. The lowest BCUT2D eigenvalue weighted by atomic mass is 10.3. The molecule has 0 fully saturated rings. The van der Waals surface area contributed by atoms with Gasteiger partial charge in [-0.2, -0.15) is 0 Å². The molecule has 2 rings (SSSR count). The molecule has 0 aliphatic heterocycles. The minimum absolute atomic E-state index is 0.0360. The molecule has 0 saturated heterocycles. The van der Waals surface area contributed by atoms with E-state index in [0.717, 1.165) is 4.70 Å². The summed E-state index contributed by atoms with van der Waals surface area (Å²) in [5.41, 5.74) is 0.690. The first-order valence-electron chi connectivity index (χ1n) is 4.89. The average molecular weight is 269 g/mol. The molecule has 1 amide bonds. The number of thiophene rings is 1. The Hall–Kier alpha value is -1.46. The molecule has 0 bridgehead atoms. The smallest absolute Gasteiger partial charge is 0.261 e. The quantitative estimate of drug-likeness (QED) is 0.929. The fourth-order valence-electron chi connectivity index (χ4n) is 1.31. The summed E-state index contributed by atoms with van der Waals surface area (Å²) in [4.78, 5) is 27.1. The average Bonchev–Trinajstić information content (AvgIpc) is 2.71. The summed E-state index contributed by atoms with van der Waals surface area (Å²) < 4.78 is 0.780. The second kappa shape index (κ2) is 4.81. The van der Waals surface area contributed by atoms with Crippen molar-refractivity contribution in [1.29, 1.82) is 0 Å². The van der Waals surface area contributed by atoms with Crippen LogP contribution in [-0.4, -0.2) is 23.2 Å². The van der Waals surface area contributed by atoms with Crippen LogP contribution >= 0.6 is 22.9 Å². The predicted molar refractivity (Wildman–Crippen MR) is 67.6 cm³/mol. The van der Waals surface area contributed by atoms with Crippen LogP contribution in [0.15, 0.2) is 18.3 Å². The first-order chi connectivity index (χ1) is 8.08. The molecular formula is C11H9ClN2O2S. The Kier molecular flexibility index (Phi) is 3.40. The summed E-state index contributed by atoms with van der Waals surface area (Å²) in [6, 6.07) is 3.35. The van der Waals surface area contributed by atoms with Gasteiger partial charge in [-0.1, -0.05) is 11.6 Å². The Morgan fingerprint density at radius 3 is 2.94 bits per heavy atom. The van der Waals surface area contributed by atoms with Gasteiger partial charge in [0.05, 0.1) is 26.7 Å². The second-order valence-electron chi connectivity index (χ2n) is 3.50. The minimum atomic E-state index is -0.278. The minimum Gasteiger partial charge on any atom is -0.344 e.